The highest BCUT2D eigenvalue weighted by Crippen LogP contribution is 2.28. The van der Waals surface area contributed by atoms with Crippen LogP contribution >= 0.6 is 22.9 Å². The van der Waals surface area contributed by atoms with Gasteiger partial charge in [-0.15, -0.1) is 11.3 Å². The lowest BCUT2D eigenvalue weighted by molar-refractivity contribution is 0.0739. The number of aryl methyl sites for hydroxylation is 2. The molecule has 0 bridgehead atoms. The van der Waals surface area contributed by atoms with Crippen molar-refractivity contribution in [2.75, 3.05) is 0 Å². The second-order valence-electron chi connectivity index (χ2n) is 6.71. The predicted octanol–water partition coefficient (Wildman–Crippen LogP) is 5.00. The lowest BCUT2D eigenvalue weighted by Crippen LogP contribution is -2.21. The number of benzene rings is 2. The number of fused-ring (bicyclic) bond motifs is 1. The lowest BCUT2D eigenvalue weighted by atomic mass is 10.2. The highest BCUT2D eigenvalue weighted by molar-refractivity contribution is 7.20. The van der Waals surface area contributed by atoms with Crippen molar-refractivity contribution in [3.05, 3.63) is 91.8 Å². The summed E-state index contributed by atoms with van der Waals surface area (Å²) in [5.41, 5.74) is 2.27. The van der Waals surface area contributed by atoms with Crippen molar-refractivity contribution in [2.24, 2.45) is 0 Å². The van der Waals surface area contributed by atoms with E-state index in [1.165, 1.54) is 10.9 Å². The van der Waals surface area contributed by atoms with Gasteiger partial charge in [-0.05, 0) is 43.2 Å². The molecule has 2 aromatic carbocycles. The maximum Gasteiger partial charge on any atom is 0.354 e. The standard InChI is InChI=1S/C22H17ClN2O3S/c1-13-7-9-16(10-8-13)28-22(27)19-14(2)18-20(29-19)24-12-25(21(18)26)11-15-5-3-4-6-17(15)23/h3-10,12H,11H2,1-2H3. The van der Waals surface area contributed by atoms with E-state index in [1.54, 1.807) is 25.1 Å². The topological polar surface area (TPSA) is 61.2 Å². The Balaban J connectivity index is 1.69. The number of hydrogen-bond acceptors (Lipinski definition) is 5. The van der Waals surface area contributed by atoms with Gasteiger partial charge in [0.1, 0.15) is 15.5 Å². The molecule has 4 aromatic rings. The van der Waals surface area contributed by atoms with Gasteiger partial charge in [-0.1, -0.05) is 47.5 Å². The molecule has 0 saturated heterocycles. The van der Waals surface area contributed by atoms with Crippen LogP contribution < -0.4 is 10.3 Å². The Kier molecular flexibility index (Phi) is 5.22. The second kappa shape index (κ2) is 7.81. The Morgan fingerprint density at radius 2 is 1.86 bits per heavy atom. The minimum Gasteiger partial charge on any atom is -0.422 e. The molecular weight excluding hydrogens is 408 g/mol. The van der Waals surface area contributed by atoms with Crippen molar-refractivity contribution in [1.29, 1.82) is 0 Å². The highest BCUT2D eigenvalue weighted by atomic mass is 35.5. The van der Waals surface area contributed by atoms with E-state index in [2.05, 4.69) is 4.98 Å². The monoisotopic (exact) mass is 424 g/mol. The summed E-state index contributed by atoms with van der Waals surface area (Å²) >= 11 is 7.38. The molecule has 0 saturated carbocycles. The third-order valence-electron chi connectivity index (χ3n) is 4.63. The number of carbonyl (C=O) groups excluding carboxylic acids is 1. The molecule has 0 aliphatic carbocycles. The number of aromatic nitrogens is 2. The van der Waals surface area contributed by atoms with Crippen molar-refractivity contribution < 1.29 is 9.53 Å². The molecule has 0 atom stereocenters. The van der Waals surface area contributed by atoms with Gasteiger partial charge < -0.3 is 4.74 Å². The molecule has 2 heterocycles. The second-order valence-corrected chi connectivity index (χ2v) is 8.11. The smallest absolute Gasteiger partial charge is 0.354 e. The van der Waals surface area contributed by atoms with E-state index in [1.807, 2.05) is 37.3 Å². The van der Waals surface area contributed by atoms with Crippen LogP contribution in [-0.2, 0) is 6.54 Å². The van der Waals surface area contributed by atoms with E-state index >= 15 is 0 Å². The number of hydrogen-bond donors (Lipinski definition) is 0. The maximum absolute atomic E-state index is 13.0. The van der Waals surface area contributed by atoms with Gasteiger partial charge in [0, 0.05) is 5.02 Å². The summed E-state index contributed by atoms with van der Waals surface area (Å²) in [6, 6.07) is 14.6. The molecule has 146 valence electrons. The first-order chi connectivity index (χ1) is 13.9. The maximum atomic E-state index is 13.0. The molecule has 0 radical (unpaired) electrons. The first-order valence-corrected chi connectivity index (χ1v) is 10.1. The van der Waals surface area contributed by atoms with Crippen LogP contribution in [0.4, 0.5) is 0 Å². The third-order valence-corrected chi connectivity index (χ3v) is 6.18. The zero-order valence-corrected chi connectivity index (χ0v) is 17.4. The summed E-state index contributed by atoms with van der Waals surface area (Å²) in [6.07, 6.45) is 1.49. The summed E-state index contributed by atoms with van der Waals surface area (Å²) in [4.78, 5) is 31.0. The fourth-order valence-corrected chi connectivity index (χ4v) is 4.25. The van der Waals surface area contributed by atoms with Crippen LogP contribution in [-0.4, -0.2) is 15.5 Å². The van der Waals surface area contributed by atoms with E-state index in [9.17, 15) is 9.59 Å². The Hall–Kier alpha value is -2.96. The molecule has 5 nitrogen and oxygen atoms in total. The molecule has 0 aliphatic heterocycles. The van der Waals surface area contributed by atoms with Gasteiger partial charge >= 0.3 is 5.97 Å². The molecule has 0 unspecified atom stereocenters. The summed E-state index contributed by atoms with van der Waals surface area (Å²) in [7, 11) is 0. The molecule has 0 amide bonds. The summed E-state index contributed by atoms with van der Waals surface area (Å²) < 4.78 is 6.96. The van der Waals surface area contributed by atoms with Crippen LogP contribution in [0, 0.1) is 13.8 Å². The first kappa shape index (κ1) is 19.4. The normalized spacial score (nSPS) is 11.0. The van der Waals surface area contributed by atoms with Gasteiger partial charge in [0.25, 0.3) is 5.56 Å². The van der Waals surface area contributed by atoms with Crippen LogP contribution in [0.15, 0.2) is 59.7 Å². The number of ether oxygens (including phenoxy) is 1. The molecule has 0 aliphatic rings. The average Bonchev–Trinajstić information content (AvgIpc) is 3.05. The van der Waals surface area contributed by atoms with Crippen LogP contribution in [0.2, 0.25) is 5.02 Å². The minimum atomic E-state index is -0.494. The molecule has 0 spiro atoms. The zero-order valence-electron chi connectivity index (χ0n) is 15.8. The van der Waals surface area contributed by atoms with Crippen molar-refractivity contribution in [3.8, 4) is 5.75 Å². The Morgan fingerprint density at radius 1 is 1.14 bits per heavy atom. The molecule has 0 N–H and O–H groups in total. The fourth-order valence-electron chi connectivity index (χ4n) is 3.04. The van der Waals surface area contributed by atoms with Gasteiger partial charge in [-0.3, -0.25) is 9.36 Å². The van der Waals surface area contributed by atoms with Crippen LogP contribution in [0.25, 0.3) is 10.2 Å². The van der Waals surface area contributed by atoms with E-state index in [0.717, 1.165) is 22.5 Å². The zero-order chi connectivity index (χ0) is 20.5. The Labute approximate surface area is 176 Å². The van der Waals surface area contributed by atoms with Gasteiger partial charge in [0.05, 0.1) is 18.3 Å². The van der Waals surface area contributed by atoms with Crippen LogP contribution in [0.1, 0.15) is 26.4 Å². The lowest BCUT2D eigenvalue weighted by Gasteiger charge is -2.07. The third kappa shape index (κ3) is 3.81. The number of carbonyl (C=O) groups is 1. The number of rotatable bonds is 4. The predicted molar refractivity (Wildman–Crippen MR) is 115 cm³/mol. The Bertz CT molecular complexity index is 1280. The number of thiophene rings is 1. The SMILES string of the molecule is Cc1ccc(OC(=O)c2sc3ncn(Cc4ccccc4Cl)c(=O)c3c2C)cc1. The molecule has 0 fully saturated rings. The first-order valence-electron chi connectivity index (χ1n) is 8.95. The van der Waals surface area contributed by atoms with Crippen molar-refractivity contribution in [3.63, 3.8) is 0 Å². The van der Waals surface area contributed by atoms with Gasteiger partial charge in [0.2, 0.25) is 0 Å². The minimum absolute atomic E-state index is 0.210. The average molecular weight is 425 g/mol. The summed E-state index contributed by atoms with van der Waals surface area (Å²) in [5, 5.41) is 1.02. The van der Waals surface area contributed by atoms with E-state index in [4.69, 9.17) is 16.3 Å². The fraction of sp³-hybridized carbons (Fsp3) is 0.136. The highest BCUT2D eigenvalue weighted by Gasteiger charge is 2.21. The molecular formula is C22H17ClN2O3S. The largest absolute Gasteiger partial charge is 0.422 e. The quantitative estimate of drug-likeness (QED) is 0.342. The molecule has 4 rings (SSSR count). The number of nitrogens with zero attached hydrogens (tertiary/aromatic N) is 2. The number of halogens is 1. The van der Waals surface area contributed by atoms with Crippen LogP contribution in [0.5, 0.6) is 5.75 Å². The van der Waals surface area contributed by atoms with Crippen molar-refractivity contribution in [2.45, 2.75) is 20.4 Å². The van der Waals surface area contributed by atoms with Crippen LogP contribution in [0.3, 0.4) is 0 Å². The van der Waals surface area contributed by atoms with Gasteiger partial charge in [0.15, 0.2) is 0 Å². The molecule has 29 heavy (non-hydrogen) atoms. The van der Waals surface area contributed by atoms with Gasteiger partial charge in [-0.25, -0.2) is 9.78 Å². The summed E-state index contributed by atoms with van der Waals surface area (Å²) in [5.74, 6) is -0.0343. The van der Waals surface area contributed by atoms with E-state index < -0.39 is 5.97 Å². The summed E-state index contributed by atoms with van der Waals surface area (Å²) in [6.45, 7) is 4.01. The van der Waals surface area contributed by atoms with E-state index in [-0.39, 0.29) is 5.56 Å². The van der Waals surface area contributed by atoms with Crippen molar-refractivity contribution in [1.82, 2.24) is 9.55 Å². The molecule has 7 heteroatoms. The molecule has 2 aromatic heterocycles. The Morgan fingerprint density at radius 3 is 2.59 bits per heavy atom. The number of esters is 1. The van der Waals surface area contributed by atoms with E-state index in [0.29, 0.717) is 38.0 Å². The van der Waals surface area contributed by atoms with Gasteiger partial charge in [-0.2, -0.15) is 0 Å². The van der Waals surface area contributed by atoms with Crippen molar-refractivity contribution >= 4 is 39.1 Å².